The maximum atomic E-state index is 11.7. The fourth-order valence-corrected chi connectivity index (χ4v) is 2.32. The molecule has 2 heterocycles. The minimum atomic E-state index is -0.609. The zero-order valence-corrected chi connectivity index (χ0v) is 10.6. The third kappa shape index (κ3) is 2.57. The van der Waals surface area contributed by atoms with E-state index in [4.69, 9.17) is 13.9 Å². The van der Waals surface area contributed by atoms with Gasteiger partial charge in [0.1, 0.15) is 4.70 Å². The monoisotopic (exact) mass is 254 g/mol. The van der Waals surface area contributed by atoms with Gasteiger partial charge in [0, 0.05) is 18.6 Å². The second-order valence-electron chi connectivity index (χ2n) is 3.38. The van der Waals surface area contributed by atoms with Crippen LogP contribution in [-0.2, 0) is 9.47 Å². The topological polar surface area (TPSA) is 48.7 Å². The second-order valence-corrected chi connectivity index (χ2v) is 4.30. The summed E-state index contributed by atoms with van der Waals surface area (Å²) in [5.41, 5.74) is -0.336. The van der Waals surface area contributed by atoms with Gasteiger partial charge in [0.05, 0.1) is 0 Å². The number of ether oxygens (including phenoxy) is 2. The fraction of sp³-hybridized carbons (Fsp3) is 0.417. The van der Waals surface area contributed by atoms with Crippen LogP contribution in [-0.4, -0.2) is 13.2 Å². The Morgan fingerprint density at radius 3 is 2.71 bits per heavy atom. The van der Waals surface area contributed by atoms with Crippen molar-refractivity contribution < 1.29 is 13.9 Å². The number of hydrogen-bond donors (Lipinski definition) is 0. The van der Waals surface area contributed by atoms with Gasteiger partial charge in [0.2, 0.25) is 6.29 Å². The molecule has 2 aromatic rings. The summed E-state index contributed by atoms with van der Waals surface area (Å²) in [4.78, 5) is 11.7. The standard InChI is InChI=1S/C12H14O4S/c1-3-14-12(15-4-2)9-7-8-5-6-17-10(8)11(13)16-9/h5-7,12H,3-4H2,1-2H3. The Kier molecular flexibility index (Phi) is 3.93. The fourth-order valence-electron chi connectivity index (χ4n) is 1.57. The molecule has 0 unspecified atom stereocenters. The zero-order chi connectivity index (χ0) is 12.3. The van der Waals surface area contributed by atoms with Gasteiger partial charge in [-0.25, -0.2) is 4.79 Å². The van der Waals surface area contributed by atoms with Crippen molar-refractivity contribution in [2.24, 2.45) is 0 Å². The molecule has 17 heavy (non-hydrogen) atoms. The quantitative estimate of drug-likeness (QED) is 0.770. The molecule has 0 fully saturated rings. The highest BCUT2D eigenvalue weighted by molar-refractivity contribution is 7.17. The summed E-state index contributed by atoms with van der Waals surface area (Å²) >= 11 is 1.37. The maximum absolute atomic E-state index is 11.7. The molecule has 0 atom stereocenters. The van der Waals surface area contributed by atoms with E-state index in [9.17, 15) is 4.79 Å². The first kappa shape index (κ1) is 12.3. The van der Waals surface area contributed by atoms with E-state index in [1.807, 2.05) is 25.3 Å². The maximum Gasteiger partial charge on any atom is 0.354 e. The molecule has 0 bridgehead atoms. The molecule has 0 N–H and O–H groups in total. The minimum absolute atomic E-state index is 0.336. The molecule has 4 nitrogen and oxygen atoms in total. The third-order valence-electron chi connectivity index (χ3n) is 2.26. The van der Waals surface area contributed by atoms with E-state index in [0.29, 0.717) is 23.7 Å². The van der Waals surface area contributed by atoms with Crippen LogP contribution in [0.5, 0.6) is 0 Å². The van der Waals surface area contributed by atoms with Gasteiger partial charge >= 0.3 is 5.63 Å². The van der Waals surface area contributed by atoms with Gasteiger partial charge in [0.15, 0.2) is 5.76 Å². The van der Waals surface area contributed by atoms with Gasteiger partial charge in [-0.05, 0) is 31.4 Å². The van der Waals surface area contributed by atoms with E-state index < -0.39 is 6.29 Å². The van der Waals surface area contributed by atoms with E-state index in [2.05, 4.69) is 0 Å². The van der Waals surface area contributed by atoms with E-state index in [0.717, 1.165) is 5.39 Å². The van der Waals surface area contributed by atoms with Gasteiger partial charge in [-0.3, -0.25) is 0 Å². The number of thiophene rings is 1. The Bertz CT molecular complexity index is 537. The molecule has 0 saturated carbocycles. The summed E-state index contributed by atoms with van der Waals surface area (Å²) in [5, 5.41) is 2.73. The smallest absolute Gasteiger partial charge is 0.354 e. The summed E-state index contributed by atoms with van der Waals surface area (Å²) < 4.78 is 16.6. The predicted molar refractivity (Wildman–Crippen MR) is 66.4 cm³/mol. The van der Waals surface area contributed by atoms with E-state index in [-0.39, 0.29) is 5.63 Å². The lowest BCUT2D eigenvalue weighted by atomic mass is 10.3. The molecule has 0 aromatic carbocycles. The first-order valence-corrected chi connectivity index (χ1v) is 6.38. The van der Waals surface area contributed by atoms with Crippen LogP contribution < -0.4 is 5.63 Å². The average Bonchev–Trinajstić information content (AvgIpc) is 2.77. The molecular formula is C12H14O4S. The Hall–Kier alpha value is -1.17. The Balaban J connectivity index is 2.42. The van der Waals surface area contributed by atoms with Crippen LogP contribution in [0.25, 0.3) is 10.1 Å². The van der Waals surface area contributed by atoms with Crippen molar-refractivity contribution in [3.05, 3.63) is 33.7 Å². The number of rotatable bonds is 5. The van der Waals surface area contributed by atoms with Gasteiger partial charge in [-0.15, -0.1) is 11.3 Å². The highest BCUT2D eigenvalue weighted by Crippen LogP contribution is 2.24. The zero-order valence-electron chi connectivity index (χ0n) is 9.76. The van der Waals surface area contributed by atoms with Crippen LogP contribution in [0, 0.1) is 0 Å². The second kappa shape index (κ2) is 5.44. The van der Waals surface area contributed by atoms with Crippen molar-refractivity contribution in [3.63, 3.8) is 0 Å². The van der Waals surface area contributed by atoms with Crippen LogP contribution >= 0.6 is 11.3 Å². The van der Waals surface area contributed by atoms with Gasteiger partial charge < -0.3 is 13.9 Å². The number of fused-ring (bicyclic) bond motifs is 1. The molecular weight excluding hydrogens is 240 g/mol. The highest BCUT2D eigenvalue weighted by Gasteiger charge is 2.16. The summed E-state index contributed by atoms with van der Waals surface area (Å²) in [7, 11) is 0. The van der Waals surface area contributed by atoms with Crippen molar-refractivity contribution in [1.29, 1.82) is 0 Å². The van der Waals surface area contributed by atoms with Crippen molar-refractivity contribution >= 4 is 21.4 Å². The van der Waals surface area contributed by atoms with E-state index in [1.54, 1.807) is 6.07 Å². The van der Waals surface area contributed by atoms with Crippen LogP contribution in [0.3, 0.4) is 0 Å². The first-order chi connectivity index (χ1) is 8.26. The van der Waals surface area contributed by atoms with Gasteiger partial charge in [-0.1, -0.05) is 0 Å². The Morgan fingerprint density at radius 2 is 2.06 bits per heavy atom. The summed E-state index contributed by atoms with van der Waals surface area (Å²) in [6.07, 6.45) is -0.609. The molecule has 0 aliphatic carbocycles. The molecule has 0 spiro atoms. The third-order valence-corrected chi connectivity index (χ3v) is 3.17. The Morgan fingerprint density at radius 1 is 1.35 bits per heavy atom. The van der Waals surface area contributed by atoms with Crippen LogP contribution in [0.15, 0.2) is 26.7 Å². The largest absolute Gasteiger partial charge is 0.421 e. The number of hydrogen-bond acceptors (Lipinski definition) is 5. The van der Waals surface area contributed by atoms with Crippen molar-refractivity contribution in [1.82, 2.24) is 0 Å². The van der Waals surface area contributed by atoms with Crippen LogP contribution in [0.1, 0.15) is 25.9 Å². The molecule has 2 rings (SSSR count). The minimum Gasteiger partial charge on any atom is -0.421 e. The van der Waals surface area contributed by atoms with Gasteiger partial charge in [0.25, 0.3) is 0 Å². The van der Waals surface area contributed by atoms with E-state index >= 15 is 0 Å². The lowest BCUT2D eigenvalue weighted by molar-refractivity contribution is -0.151. The highest BCUT2D eigenvalue weighted by atomic mass is 32.1. The van der Waals surface area contributed by atoms with Crippen LogP contribution in [0.4, 0.5) is 0 Å². The molecule has 0 saturated heterocycles. The summed E-state index contributed by atoms with van der Waals surface area (Å²) in [5.74, 6) is 0.421. The molecule has 2 aromatic heterocycles. The molecule has 92 valence electrons. The predicted octanol–water partition coefficient (Wildman–Crippen LogP) is 2.93. The van der Waals surface area contributed by atoms with Gasteiger partial charge in [-0.2, -0.15) is 0 Å². The molecule has 0 radical (unpaired) electrons. The lowest BCUT2D eigenvalue weighted by Gasteiger charge is -2.15. The van der Waals surface area contributed by atoms with Crippen LogP contribution in [0.2, 0.25) is 0 Å². The van der Waals surface area contributed by atoms with Crippen molar-refractivity contribution in [2.75, 3.05) is 13.2 Å². The first-order valence-electron chi connectivity index (χ1n) is 5.50. The summed E-state index contributed by atoms with van der Waals surface area (Å²) in [6.45, 7) is 4.73. The molecule has 0 amide bonds. The SMILES string of the molecule is CCOC(OCC)c1cc2ccsc2c(=O)o1. The van der Waals surface area contributed by atoms with Crippen molar-refractivity contribution in [3.8, 4) is 0 Å². The molecule has 0 aliphatic heterocycles. The lowest BCUT2D eigenvalue weighted by Crippen LogP contribution is -2.11. The van der Waals surface area contributed by atoms with Crippen molar-refractivity contribution in [2.45, 2.75) is 20.1 Å². The Labute approximate surface area is 103 Å². The molecule has 0 aliphatic rings. The normalized spacial score (nSPS) is 11.5. The molecule has 5 heteroatoms. The summed E-state index contributed by atoms with van der Waals surface area (Å²) in [6, 6.07) is 3.68. The van der Waals surface area contributed by atoms with E-state index in [1.165, 1.54) is 11.3 Å². The average molecular weight is 254 g/mol.